The molecule has 8 nitrogen and oxygen atoms in total. The fraction of sp³-hybridized carbons (Fsp3) is 0.250. The molecule has 1 saturated heterocycles. The zero-order valence-corrected chi connectivity index (χ0v) is 20.4. The van der Waals surface area contributed by atoms with Gasteiger partial charge in [-0.15, -0.1) is 0 Å². The Bertz CT molecular complexity index is 1580. The molecular formula is C28H27N7O. The highest BCUT2D eigenvalue weighted by Gasteiger charge is 2.17. The molecule has 1 N–H and O–H groups in total. The average molecular weight is 478 g/mol. The van der Waals surface area contributed by atoms with Crippen molar-refractivity contribution >= 4 is 33.4 Å². The molecule has 0 aliphatic carbocycles. The van der Waals surface area contributed by atoms with E-state index < -0.39 is 0 Å². The zero-order chi connectivity index (χ0) is 24.6. The first-order valence-electron chi connectivity index (χ1n) is 12.1. The van der Waals surface area contributed by atoms with Crippen molar-refractivity contribution in [1.29, 1.82) is 0 Å². The molecular weight excluding hydrogens is 450 g/mol. The summed E-state index contributed by atoms with van der Waals surface area (Å²) in [5, 5.41) is 2.99. The number of pyridine rings is 4. The molecule has 0 spiro atoms. The van der Waals surface area contributed by atoms with E-state index in [9.17, 15) is 4.79 Å². The fourth-order valence-corrected chi connectivity index (χ4v) is 4.70. The largest absolute Gasteiger partial charge is 0.354 e. The summed E-state index contributed by atoms with van der Waals surface area (Å²) in [6, 6.07) is 11.9. The summed E-state index contributed by atoms with van der Waals surface area (Å²) in [6.07, 6.45) is 7.40. The number of H-pyrrole nitrogens is 1. The molecule has 5 aromatic heterocycles. The van der Waals surface area contributed by atoms with E-state index in [1.165, 1.54) is 0 Å². The molecule has 8 heteroatoms. The Morgan fingerprint density at radius 1 is 0.889 bits per heavy atom. The predicted molar refractivity (Wildman–Crippen MR) is 141 cm³/mol. The minimum Gasteiger partial charge on any atom is -0.354 e. The van der Waals surface area contributed by atoms with Crippen LogP contribution in [0.1, 0.15) is 21.7 Å². The Morgan fingerprint density at radius 3 is 2.58 bits per heavy atom. The van der Waals surface area contributed by atoms with Crippen LogP contribution in [-0.4, -0.2) is 68.8 Å². The van der Waals surface area contributed by atoms with Gasteiger partial charge in [-0.1, -0.05) is 0 Å². The molecule has 0 radical (unpaired) electrons. The monoisotopic (exact) mass is 477 g/mol. The summed E-state index contributed by atoms with van der Waals surface area (Å²) < 4.78 is 0. The molecule has 1 aliphatic heterocycles. The number of piperazine rings is 1. The lowest BCUT2D eigenvalue weighted by atomic mass is 10.0. The van der Waals surface area contributed by atoms with E-state index in [1.807, 2.05) is 37.5 Å². The highest BCUT2D eigenvalue weighted by atomic mass is 16.1. The van der Waals surface area contributed by atoms with Crippen LogP contribution in [0.2, 0.25) is 0 Å². The van der Waals surface area contributed by atoms with Crippen molar-refractivity contribution in [2.45, 2.75) is 13.3 Å². The minimum atomic E-state index is 0.0337. The topological polar surface area (TPSA) is 90.9 Å². The van der Waals surface area contributed by atoms with Crippen molar-refractivity contribution in [2.75, 3.05) is 38.1 Å². The second-order valence-electron chi connectivity index (χ2n) is 9.50. The van der Waals surface area contributed by atoms with Gasteiger partial charge in [0.2, 0.25) is 0 Å². The first-order chi connectivity index (χ1) is 17.5. The number of carbonyl (C=O) groups excluding carboxylic acids is 1. The first-order valence-corrected chi connectivity index (χ1v) is 12.1. The molecule has 0 atom stereocenters. The van der Waals surface area contributed by atoms with Crippen LogP contribution in [0, 0.1) is 6.92 Å². The van der Waals surface area contributed by atoms with Crippen LogP contribution in [0.4, 0.5) is 5.82 Å². The number of aromatic nitrogens is 5. The van der Waals surface area contributed by atoms with E-state index in [-0.39, 0.29) is 12.2 Å². The molecule has 5 aromatic rings. The summed E-state index contributed by atoms with van der Waals surface area (Å²) in [5.74, 6) is 0.894. The smallest absolute Gasteiger partial charge is 0.169 e. The van der Waals surface area contributed by atoms with Gasteiger partial charge in [-0.25, -0.2) is 9.97 Å². The Hall–Kier alpha value is -4.17. The zero-order valence-electron chi connectivity index (χ0n) is 20.4. The summed E-state index contributed by atoms with van der Waals surface area (Å²) >= 11 is 0. The molecule has 0 aromatic carbocycles. The van der Waals surface area contributed by atoms with Gasteiger partial charge in [0.25, 0.3) is 0 Å². The molecule has 1 aliphatic rings. The van der Waals surface area contributed by atoms with E-state index in [1.54, 1.807) is 18.5 Å². The number of hydrogen-bond acceptors (Lipinski definition) is 7. The van der Waals surface area contributed by atoms with Crippen molar-refractivity contribution in [3.8, 4) is 11.3 Å². The summed E-state index contributed by atoms with van der Waals surface area (Å²) in [6.45, 7) is 5.83. The highest BCUT2D eigenvalue weighted by molar-refractivity contribution is 5.98. The number of aromatic amines is 1. The molecule has 36 heavy (non-hydrogen) atoms. The number of nitrogens with one attached hydrogen (secondary N) is 1. The third-order valence-corrected chi connectivity index (χ3v) is 6.80. The van der Waals surface area contributed by atoms with Crippen molar-refractivity contribution in [3.63, 3.8) is 0 Å². The Labute approximate surface area is 209 Å². The van der Waals surface area contributed by atoms with Crippen LogP contribution < -0.4 is 4.90 Å². The van der Waals surface area contributed by atoms with E-state index in [4.69, 9.17) is 0 Å². The maximum absolute atomic E-state index is 13.1. The van der Waals surface area contributed by atoms with Crippen LogP contribution >= 0.6 is 0 Å². The van der Waals surface area contributed by atoms with Crippen molar-refractivity contribution in [1.82, 2.24) is 29.8 Å². The lowest BCUT2D eigenvalue weighted by Gasteiger charge is -2.33. The van der Waals surface area contributed by atoms with Crippen LogP contribution in [0.25, 0.3) is 33.1 Å². The number of rotatable bonds is 5. The van der Waals surface area contributed by atoms with Crippen LogP contribution in [0.15, 0.2) is 61.2 Å². The number of likely N-dealkylation sites (N-methyl/N-ethyl adjacent to an activating group) is 1. The molecule has 0 saturated carbocycles. The average Bonchev–Trinajstić information content (AvgIpc) is 3.28. The second-order valence-corrected chi connectivity index (χ2v) is 9.50. The van der Waals surface area contributed by atoms with E-state index in [0.717, 1.165) is 76.4 Å². The standard InChI is InChI=1S/C28H27N7O/c1-18-9-21-10-22(15-32-28(21)33-18)25-12-20-11-24(30-16-23(20)17-31-25)14-26(36)19-3-4-29-27(13-19)35-7-5-34(2)6-8-35/h3-4,9-13,15-17H,5-8,14H2,1-2H3,(H,32,33). The van der Waals surface area contributed by atoms with Gasteiger partial charge >= 0.3 is 0 Å². The predicted octanol–water partition coefficient (Wildman–Crippen LogP) is 4.05. The molecule has 180 valence electrons. The van der Waals surface area contributed by atoms with E-state index >= 15 is 0 Å². The summed E-state index contributed by atoms with van der Waals surface area (Å²) in [5.41, 5.74) is 5.13. The lowest BCUT2D eigenvalue weighted by Crippen LogP contribution is -2.44. The Kier molecular flexibility index (Phi) is 5.65. The quantitative estimate of drug-likeness (QED) is 0.382. The van der Waals surface area contributed by atoms with Gasteiger partial charge in [0.05, 0.1) is 12.1 Å². The molecule has 0 amide bonds. The minimum absolute atomic E-state index is 0.0337. The maximum Gasteiger partial charge on any atom is 0.169 e. The fourth-order valence-electron chi connectivity index (χ4n) is 4.70. The van der Waals surface area contributed by atoms with Gasteiger partial charge in [-0.05, 0) is 55.8 Å². The highest BCUT2D eigenvalue weighted by Crippen LogP contribution is 2.25. The lowest BCUT2D eigenvalue weighted by molar-refractivity contribution is 0.0992. The van der Waals surface area contributed by atoms with Crippen LogP contribution in [-0.2, 0) is 6.42 Å². The van der Waals surface area contributed by atoms with Gasteiger partial charge in [-0.3, -0.25) is 14.8 Å². The number of fused-ring (bicyclic) bond motifs is 2. The van der Waals surface area contributed by atoms with Gasteiger partial charge < -0.3 is 14.8 Å². The number of nitrogens with zero attached hydrogens (tertiary/aromatic N) is 6. The van der Waals surface area contributed by atoms with Crippen LogP contribution in [0.5, 0.6) is 0 Å². The van der Waals surface area contributed by atoms with Crippen LogP contribution in [0.3, 0.4) is 0 Å². The van der Waals surface area contributed by atoms with E-state index in [2.05, 4.69) is 53.9 Å². The molecule has 0 bridgehead atoms. The first kappa shape index (κ1) is 22.3. The van der Waals surface area contributed by atoms with E-state index in [0.29, 0.717) is 5.56 Å². The third-order valence-electron chi connectivity index (χ3n) is 6.80. The van der Waals surface area contributed by atoms with Gasteiger partial charge in [0, 0.05) is 84.3 Å². The Morgan fingerprint density at radius 2 is 1.72 bits per heavy atom. The maximum atomic E-state index is 13.1. The van der Waals surface area contributed by atoms with Crippen molar-refractivity contribution in [2.24, 2.45) is 0 Å². The number of carbonyl (C=O) groups is 1. The third kappa shape index (κ3) is 4.43. The number of aryl methyl sites for hydroxylation is 1. The van der Waals surface area contributed by atoms with Gasteiger partial charge in [-0.2, -0.15) is 0 Å². The van der Waals surface area contributed by atoms with Crippen molar-refractivity contribution in [3.05, 3.63) is 78.1 Å². The number of anilines is 1. The SMILES string of the molecule is Cc1cc2cc(-c3cc4cc(CC(=O)c5ccnc(N6CCN(C)CC6)c5)ncc4cn3)cnc2[nH]1. The normalized spacial score (nSPS) is 14.6. The van der Waals surface area contributed by atoms with Gasteiger partial charge in [0.15, 0.2) is 5.78 Å². The molecule has 6 rings (SSSR count). The number of ketones is 1. The van der Waals surface area contributed by atoms with Gasteiger partial charge in [0.1, 0.15) is 11.5 Å². The molecule has 1 fully saturated rings. The summed E-state index contributed by atoms with van der Waals surface area (Å²) in [4.78, 5) is 39.1. The van der Waals surface area contributed by atoms with Crippen molar-refractivity contribution < 1.29 is 4.79 Å². The number of Topliss-reactive ketones (excluding diaryl/α,β-unsaturated/α-hetero) is 1. The Balaban J connectivity index is 1.24. The number of hydrogen-bond donors (Lipinski definition) is 1. The molecule has 6 heterocycles. The second kappa shape index (κ2) is 9.13. The summed E-state index contributed by atoms with van der Waals surface area (Å²) in [7, 11) is 2.12. The molecule has 0 unspecified atom stereocenters.